The lowest BCUT2D eigenvalue weighted by Gasteiger charge is -2.37. The van der Waals surface area contributed by atoms with E-state index in [1.807, 2.05) is 7.05 Å². The summed E-state index contributed by atoms with van der Waals surface area (Å²) in [4.78, 5) is 14.0. The van der Waals surface area contributed by atoms with Gasteiger partial charge in [0.05, 0.1) is 6.61 Å². The third-order valence-corrected chi connectivity index (χ3v) is 4.35. The maximum absolute atomic E-state index is 11.9. The highest BCUT2D eigenvalue weighted by atomic mass is 16.5. The molecule has 0 aliphatic heterocycles. The minimum absolute atomic E-state index is 0.225. The summed E-state index contributed by atoms with van der Waals surface area (Å²) in [5.41, 5.74) is -0.766. The number of aliphatic carboxylic acids is 1. The molecule has 110 valence electrons. The summed E-state index contributed by atoms with van der Waals surface area (Å²) in [5.74, 6) is -0.416. The fourth-order valence-electron chi connectivity index (χ4n) is 2.68. The largest absolute Gasteiger partial charge is 0.480 e. The minimum Gasteiger partial charge on any atom is -0.480 e. The standard InChI is InChI=1S/C14H26N2O3/c1-10(8-19-3)16(2)9-14(13(17)18,11-4-5-11)15-12-6-7-12/h10-12,15H,4-9H2,1-3H3,(H,17,18). The predicted molar refractivity (Wildman–Crippen MR) is 73.2 cm³/mol. The van der Waals surface area contributed by atoms with Crippen molar-refractivity contribution in [2.45, 2.75) is 50.2 Å². The van der Waals surface area contributed by atoms with Gasteiger partial charge in [0.1, 0.15) is 5.54 Å². The zero-order chi connectivity index (χ0) is 14.0. The monoisotopic (exact) mass is 270 g/mol. The van der Waals surface area contributed by atoms with Gasteiger partial charge in [-0.15, -0.1) is 0 Å². The second-order valence-corrected chi connectivity index (χ2v) is 6.19. The molecule has 19 heavy (non-hydrogen) atoms. The Hall–Kier alpha value is -0.650. The maximum atomic E-state index is 11.9. The second-order valence-electron chi connectivity index (χ2n) is 6.19. The first kappa shape index (κ1) is 14.8. The summed E-state index contributed by atoms with van der Waals surface area (Å²) in [6, 6.07) is 0.631. The lowest BCUT2D eigenvalue weighted by Crippen LogP contribution is -2.62. The van der Waals surface area contributed by atoms with E-state index < -0.39 is 11.5 Å². The molecule has 0 heterocycles. The van der Waals surface area contributed by atoms with Gasteiger partial charge in [0.25, 0.3) is 0 Å². The molecular weight excluding hydrogens is 244 g/mol. The lowest BCUT2D eigenvalue weighted by atomic mass is 9.91. The van der Waals surface area contributed by atoms with E-state index in [1.165, 1.54) is 0 Å². The molecule has 0 saturated heterocycles. The van der Waals surface area contributed by atoms with Crippen LogP contribution in [-0.2, 0) is 9.53 Å². The number of carboxylic acids is 1. The zero-order valence-electron chi connectivity index (χ0n) is 12.2. The zero-order valence-corrected chi connectivity index (χ0v) is 12.2. The van der Waals surface area contributed by atoms with Gasteiger partial charge in [0.2, 0.25) is 0 Å². The molecule has 0 aromatic heterocycles. The van der Waals surface area contributed by atoms with Crippen LogP contribution in [-0.4, -0.2) is 60.9 Å². The fourth-order valence-corrected chi connectivity index (χ4v) is 2.68. The normalized spacial score (nSPS) is 24.2. The van der Waals surface area contributed by atoms with E-state index in [2.05, 4.69) is 17.1 Å². The molecule has 2 saturated carbocycles. The smallest absolute Gasteiger partial charge is 0.325 e. The van der Waals surface area contributed by atoms with Gasteiger partial charge in [-0.2, -0.15) is 0 Å². The Morgan fingerprint density at radius 2 is 2.11 bits per heavy atom. The van der Waals surface area contributed by atoms with E-state index in [-0.39, 0.29) is 12.0 Å². The summed E-state index contributed by atoms with van der Waals surface area (Å²) in [7, 11) is 3.66. The van der Waals surface area contributed by atoms with Crippen molar-refractivity contribution in [2.24, 2.45) is 5.92 Å². The molecule has 0 spiro atoms. The number of hydrogen-bond acceptors (Lipinski definition) is 4. The van der Waals surface area contributed by atoms with Crippen LogP contribution in [0.15, 0.2) is 0 Å². The topological polar surface area (TPSA) is 61.8 Å². The number of carbonyl (C=O) groups is 1. The molecule has 2 N–H and O–H groups in total. The third kappa shape index (κ3) is 3.46. The van der Waals surface area contributed by atoms with Crippen LogP contribution >= 0.6 is 0 Å². The first-order chi connectivity index (χ1) is 8.99. The Bertz CT molecular complexity index is 329. The Morgan fingerprint density at radius 3 is 2.53 bits per heavy atom. The molecule has 2 rings (SSSR count). The highest BCUT2D eigenvalue weighted by Gasteiger charge is 2.53. The molecule has 2 unspecified atom stereocenters. The quantitative estimate of drug-likeness (QED) is 0.653. The average molecular weight is 270 g/mol. The second kappa shape index (κ2) is 5.77. The molecule has 2 aliphatic carbocycles. The lowest BCUT2D eigenvalue weighted by molar-refractivity contribution is -0.147. The number of carboxylic acid groups (broad SMARTS) is 1. The van der Waals surface area contributed by atoms with Crippen molar-refractivity contribution < 1.29 is 14.6 Å². The summed E-state index contributed by atoms with van der Waals surface area (Å²) >= 11 is 0. The first-order valence-corrected chi connectivity index (χ1v) is 7.20. The molecule has 2 atom stereocenters. The van der Waals surface area contributed by atoms with Crippen LogP contribution < -0.4 is 5.32 Å². The molecule has 0 aromatic carbocycles. The van der Waals surface area contributed by atoms with Crippen molar-refractivity contribution >= 4 is 5.97 Å². The van der Waals surface area contributed by atoms with Gasteiger partial charge >= 0.3 is 5.97 Å². The number of methoxy groups -OCH3 is 1. The van der Waals surface area contributed by atoms with Crippen LogP contribution in [0.5, 0.6) is 0 Å². The predicted octanol–water partition coefficient (Wildman–Crippen LogP) is 0.939. The Morgan fingerprint density at radius 1 is 1.47 bits per heavy atom. The fraction of sp³-hybridized carbons (Fsp3) is 0.929. The number of hydrogen-bond donors (Lipinski definition) is 2. The van der Waals surface area contributed by atoms with Gasteiger partial charge in [-0.1, -0.05) is 0 Å². The molecule has 0 bridgehead atoms. The first-order valence-electron chi connectivity index (χ1n) is 7.20. The molecule has 2 aliphatic rings. The summed E-state index contributed by atoms with van der Waals surface area (Å²) < 4.78 is 5.16. The number of ether oxygens (including phenoxy) is 1. The Kier molecular flexibility index (Phi) is 4.48. The maximum Gasteiger partial charge on any atom is 0.325 e. The number of nitrogens with zero attached hydrogens (tertiary/aromatic N) is 1. The van der Waals surface area contributed by atoms with E-state index >= 15 is 0 Å². The van der Waals surface area contributed by atoms with Crippen molar-refractivity contribution in [3.05, 3.63) is 0 Å². The number of nitrogens with one attached hydrogen (secondary N) is 1. The van der Waals surface area contributed by atoms with Gasteiger partial charge in [0, 0.05) is 25.7 Å². The van der Waals surface area contributed by atoms with Gasteiger partial charge in [-0.3, -0.25) is 15.0 Å². The van der Waals surface area contributed by atoms with Crippen molar-refractivity contribution in [3.8, 4) is 0 Å². The molecular formula is C14H26N2O3. The van der Waals surface area contributed by atoms with Crippen molar-refractivity contribution in [3.63, 3.8) is 0 Å². The molecule has 5 heteroatoms. The van der Waals surface area contributed by atoms with Crippen LogP contribution in [0.2, 0.25) is 0 Å². The van der Waals surface area contributed by atoms with E-state index in [0.29, 0.717) is 19.2 Å². The molecule has 0 amide bonds. The van der Waals surface area contributed by atoms with E-state index in [9.17, 15) is 9.90 Å². The van der Waals surface area contributed by atoms with Crippen LogP contribution in [0, 0.1) is 5.92 Å². The van der Waals surface area contributed by atoms with E-state index in [0.717, 1.165) is 25.7 Å². The minimum atomic E-state index is -0.766. The summed E-state index contributed by atoms with van der Waals surface area (Å²) in [6.07, 6.45) is 4.27. The molecule has 0 radical (unpaired) electrons. The van der Waals surface area contributed by atoms with Crippen molar-refractivity contribution in [1.82, 2.24) is 10.2 Å². The highest BCUT2D eigenvalue weighted by molar-refractivity contribution is 5.80. The van der Waals surface area contributed by atoms with Gasteiger partial charge < -0.3 is 9.84 Å². The third-order valence-electron chi connectivity index (χ3n) is 4.35. The molecule has 2 fully saturated rings. The van der Waals surface area contributed by atoms with Crippen LogP contribution in [0.4, 0.5) is 0 Å². The van der Waals surface area contributed by atoms with Crippen molar-refractivity contribution in [2.75, 3.05) is 27.3 Å². The van der Waals surface area contributed by atoms with Gasteiger partial charge in [0.15, 0.2) is 0 Å². The summed E-state index contributed by atoms with van der Waals surface area (Å²) in [6.45, 7) is 3.24. The van der Waals surface area contributed by atoms with Crippen LogP contribution in [0.25, 0.3) is 0 Å². The highest BCUT2D eigenvalue weighted by Crippen LogP contribution is 2.42. The SMILES string of the molecule is COCC(C)N(C)CC(NC1CC1)(C(=O)O)C1CC1. The average Bonchev–Trinajstić information content (AvgIpc) is 3.21. The van der Waals surface area contributed by atoms with Crippen LogP contribution in [0.3, 0.4) is 0 Å². The molecule has 5 nitrogen and oxygen atoms in total. The number of rotatable bonds is 9. The molecule has 0 aromatic rings. The van der Waals surface area contributed by atoms with Crippen molar-refractivity contribution in [1.29, 1.82) is 0 Å². The summed E-state index contributed by atoms with van der Waals surface area (Å²) in [5, 5.41) is 13.2. The van der Waals surface area contributed by atoms with E-state index in [1.54, 1.807) is 7.11 Å². The van der Waals surface area contributed by atoms with E-state index in [4.69, 9.17) is 4.74 Å². The van der Waals surface area contributed by atoms with Crippen LogP contribution in [0.1, 0.15) is 32.6 Å². The number of likely N-dealkylation sites (N-methyl/N-ethyl adjacent to an activating group) is 1. The Labute approximate surface area is 115 Å². The van der Waals surface area contributed by atoms with Gasteiger partial charge in [-0.25, -0.2) is 0 Å². The van der Waals surface area contributed by atoms with Gasteiger partial charge in [-0.05, 0) is 45.6 Å². The Balaban J connectivity index is 2.05.